The van der Waals surface area contributed by atoms with Crippen molar-refractivity contribution in [1.29, 1.82) is 0 Å². The SMILES string of the molecule is CCC(C)N(C)c1nccc(C)c1Br. The second-order valence-corrected chi connectivity index (χ2v) is 4.43. The maximum atomic E-state index is 4.39. The number of aryl methyl sites for hydroxylation is 1. The van der Waals surface area contributed by atoms with Gasteiger partial charge in [0.15, 0.2) is 0 Å². The first-order valence-corrected chi connectivity index (χ1v) is 5.71. The van der Waals surface area contributed by atoms with E-state index in [9.17, 15) is 0 Å². The minimum absolute atomic E-state index is 0.514. The van der Waals surface area contributed by atoms with Crippen LogP contribution in [0.1, 0.15) is 25.8 Å². The maximum absolute atomic E-state index is 4.39. The Kier molecular flexibility index (Phi) is 3.93. The highest BCUT2D eigenvalue weighted by Crippen LogP contribution is 2.27. The van der Waals surface area contributed by atoms with E-state index in [0.717, 1.165) is 16.7 Å². The van der Waals surface area contributed by atoms with E-state index < -0.39 is 0 Å². The van der Waals surface area contributed by atoms with Gasteiger partial charge in [-0.05, 0) is 47.8 Å². The summed E-state index contributed by atoms with van der Waals surface area (Å²) < 4.78 is 1.10. The maximum Gasteiger partial charge on any atom is 0.143 e. The Morgan fingerprint density at radius 2 is 2.21 bits per heavy atom. The predicted molar refractivity (Wildman–Crippen MR) is 64.8 cm³/mol. The summed E-state index contributed by atoms with van der Waals surface area (Å²) in [6.45, 7) is 6.47. The molecule has 0 N–H and O–H groups in total. The molecule has 1 heterocycles. The molecule has 0 radical (unpaired) electrons. The molecular formula is C11H17BrN2. The Labute approximate surface area is 94.5 Å². The summed E-state index contributed by atoms with van der Waals surface area (Å²) >= 11 is 3.57. The smallest absolute Gasteiger partial charge is 0.143 e. The highest BCUT2D eigenvalue weighted by Gasteiger charge is 2.13. The molecule has 1 atom stereocenters. The third kappa shape index (κ3) is 2.27. The summed E-state index contributed by atoms with van der Waals surface area (Å²) in [5, 5.41) is 0. The molecule has 2 nitrogen and oxygen atoms in total. The van der Waals surface area contributed by atoms with Crippen LogP contribution in [0.15, 0.2) is 16.7 Å². The van der Waals surface area contributed by atoms with Crippen LogP contribution in [0.3, 0.4) is 0 Å². The Morgan fingerprint density at radius 1 is 1.57 bits per heavy atom. The van der Waals surface area contributed by atoms with E-state index in [0.29, 0.717) is 6.04 Å². The molecule has 14 heavy (non-hydrogen) atoms. The van der Waals surface area contributed by atoms with Gasteiger partial charge in [0, 0.05) is 19.3 Å². The highest BCUT2D eigenvalue weighted by atomic mass is 79.9. The molecule has 0 saturated carbocycles. The molecule has 1 aromatic heterocycles. The van der Waals surface area contributed by atoms with E-state index in [1.807, 2.05) is 12.3 Å². The number of nitrogens with zero attached hydrogens (tertiary/aromatic N) is 2. The molecule has 0 spiro atoms. The van der Waals surface area contributed by atoms with Crippen LogP contribution >= 0.6 is 15.9 Å². The second kappa shape index (κ2) is 4.78. The van der Waals surface area contributed by atoms with Crippen molar-refractivity contribution in [2.45, 2.75) is 33.2 Å². The van der Waals surface area contributed by atoms with Crippen LogP contribution in [0.4, 0.5) is 5.82 Å². The number of anilines is 1. The fraction of sp³-hybridized carbons (Fsp3) is 0.545. The number of pyridine rings is 1. The monoisotopic (exact) mass is 256 g/mol. The summed E-state index contributed by atoms with van der Waals surface area (Å²) in [5.74, 6) is 1.03. The standard InChI is InChI=1S/C11H17BrN2/c1-5-9(3)14(4)11-10(12)8(2)6-7-13-11/h6-7,9H,5H2,1-4H3. The molecule has 0 aliphatic carbocycles. The van der Waals surface area contributed by atoms with Crippen molar-refractivity contribution in [2.75, 3.05) is 11.9 Å². The van der Waals surface area contributed by atoms with Crippen molar-refractivity contribution in [3.8, 4) is 0 Å². The third-order valence-electron chi connectivity index (χ3n) is 2.65. The van der Waals surface area contributed by atoms with Gasteiger partial charge in [-0.1, -0.05) is 6.92 Å². The van der Waals surface area contributed by atoms with Crippen molar-refractivity contribution in [2.24, 2.45) is 0 Å². The number of aromatic nitrogens is 1. The van der Waals surface area contributed by atoms with Gasteiger partial charge >= 0.3 is 0 Å². The van der Waals surface area contributed by atoms with Gasteiger partial charge in [-0.3, -0.25) is 0 Å². The molecule has 3 heteroatoms. The molecule has 1 unspecified atom stereocenters. The van der Waals surface area contributed by atoms with Crippen molar-refractivity contribution < 1.29 is 0 Å². The van der Waals surface area contributed by atoms with Crippen molar-refractivity contribution >= 4 is 21.7 Å². The lowest BCUT2D eigenvalue weighted by Crippen LogP contribution is -2.29. The lowest BCUT2D eigenvalue weighted by atomic mass is 10.2. The molecule has 0 bridgehead atoms. The first-order valence-electron chi connectivity index (χ1n) is 4.91. The van der Waals surface area contributed by atoms with Crippen LogP contribution in [0.5, 0.6) is 0 Å². The van der Waals surface area contributed by atoms with Gasteiger partial charge in [0.1, 0.15) is 5.82 Å². The molecule has 0 aromatic carbocycles. The van der Waals surface area contributed by atoms with Gasteiger partial charge in [-0.25, -0.2) is 4.98 Å². The van der Waals surface area contributed by atoms with Gasteiger partial charge < -0.3 is 4.90 Å². The number of halogens is 1. The Morgan fingerprint density at radius 3 is 2.79 bits per heavy atom. The first-order chi connectivity index (χ1) is 6.57. The Bertz CT molecular complexity index is 312. The van der Waals surface area contributed by atoms with Gasteiger partial charge in [0.25, 0.3) is 0 Å². The molecule has 0 amide bonds. The van der Waals surface area contributed by atoms with Gasteiger partial charge in [0.05, 0.1) is 4.47 Å². The van der Waals surface area contributed by atoms with E-state index in [1.165, 1.54) is 5.56 Å². The van der Waals surface area contributed by atoms with E-state index in [-0.39, 0.29) is 0 Å². The zero-order valence-electron chi connectivity index (χ0n) is 9.21. The summed E-state index contributed by atoms with van der Waals surface area (Å²) in [5.41, 5.74) is 1.23. The normalized spacial score (nSPS) is 12.6. The molecule has 0 saturated heterocycles. The van der Waals surface area contributed by atoms with Crippen LogP contribution in [0.25, 0.3) is 0 Å². The first kappa shape index (κ1) is 11.5. The van der Waals surface area contributed by atoms with Crippen molar-refractivity contribution in [3.05, 3.63) is 22.3 Å². The fourth-order valence-electron chi connectivity index (χ4n) is 1.25. The molecule has 78 valence electrons. The summed E-state index contributed by atoms with van der Waals surface area (Å²) in [6.07, 6.45) is 2.98. The van der Waals surface area contributed by atoms with E-state index in [2.05, 4.69) is 53.6 Å². The predicted octanol–water partition coefficient (Wildman–Crippen LogP) is 3.39. The zero-order valence-corrected chi connectivity index (χ0v) is 10.8. The molecule has 0 aliphatic heterocycles. The van der Waals surface area contributed by atoms with Crippen molar-refractivity contribution in [3.63, 3.8) is 0 Å². The fourth-order valence-corrected chi connectivity index (χ4v) is 1.77. The summed E-state index contributed by atoms with van der Waals surface area (Å²) in [6, 6.07) is 2.53. The summed E-state index contributed by atoms with van der Waals surface area (Å²) in [7, 11) is 2.08. The summed E-state index contributed by atoms with van der Waals surface area (Å²) in [4.78, 5) is 6.59. The molecular weight excluding hydrogens is 240 g/mol. The Balaban J connectivity index is 3.01. The quantitative estimate of drug-likeness (QED) is 0.825. The second-order valence-electron chi connectivity index (χ2n) is 3.63. The van der Waals surface area contributed by atoms with Crippen molar-refractivity contribution in [1.82, 2.24) is 4.98 Å². The minimum Gasteiger partial charge on any atom is -0.356 e. The zero-order chi connectivity index (χ0) is 10.7. The Hall–Kier alpha value is -0.570. The molecule has 0 aliphatic rings. The molecule has 1 aromatic rings. The lowest BCUT2D eigenvalue weighted by molar-refractivity contribution is 0.655. The van der Waals surface area contributed by atoms with Crippen LogP contribution in [-0.2, 0) is 0 Å². The van der Waals surface area contributed by atoms with E-state index in [1.54, 1.807) is 0 Å². The van der Waals surface area contributed by atoms with E-state index in [4.69, 9.17) is 0 Å². The largest absolute Gasteiger partial charge is 0.356 e. The minimum atomic E-state index is 0.514. The van der Waals surface area contributed by atoms with Crippen LogP contribution < -0.4 is 4.90 Å². The highest BCUT2D eigenvalue weighted by molar-refractivity contribution is 9.10. The average Bonchev–Trinajstić information content (AvgIpc) is 2.20. The van der Waals surface area contributed by atoms with Gasteiger partial charge in [-0.15, -0.1) is 0 Å². The third-order valence-corrected chi connectivity index (χ3v) is 3.63. The van der Waals surface area contributed by atoms with Crippen LogP contribution in [0, 0.1) is 6.92 Å². The average molecular weight is 257 g/mol. The number of hydrogen-bond acceptors (Lipinski definition) is 2. The molecule has 0 fully saturated rings. The number of hydrogen-bond donors (Lipinski definition) is 0. The number of rotatable bonds is 3. The van der Waals surface area contributed by atoms with Crippen LogP contribution in [0.2, 0.25) is 0 Å². The van der Waals surface area contributed by atoms with E-state index >= 15 is 0 Å². The topological polar surface area (TPSA) is 16.1 Å². The van der Waals surface area contributed by atoms with Gasteiger partial charge in [-0.2, -0.15) is 0 Å². The van der Waals surface area contributed by atoms with Crippen LogP contribution in [-0.4, -0.2) is 18.1 Å². The lowest BCUT2D eigenvalue weighted by Gasteiger charge is -2.26. The molecule has 1 rings (SSSR count). The van der Waals surface area contributed by atoms with Gasteiger partial charge in [0.2, 0.25) is 0 Å².